The van der Waals surface area contributed by atoms with Gasteiger partial charge in [0.1, 0.15) is 11.4 Å². The lowest BCUT2D eigenvalue weighted by atomic mass is 9.97. The SMILES string of the molecule is CCN(CC)c1ccc2c(c1)OC1C(=N2)C=C(F)C(=O)C1F. The standard InChI is InChI=1S/C16H16F2N2O2/c1-3-20(4-2)9-5-6-11-13(7-9)22-16-12(19-11)8-10(17)15(21)14(16)18/h5-8,14,16H,3-4H2,1-2H3. The minimum absolute atomic E-state index is 0.104. The summed E-state index contributed by atoms with van der Waals surface area (Å²) in [5.41, 5.74) is 1.54. The van der Waals surface area contributed by atoms with Gasteiger partial charge in [-0.05, 0) is 26.0 Å². The van der Waals surface area contributed by atoms with Crippen LogP contribution in [0, 0.1) is 0 Å². The number of anilines is 1. The lowest BCUT2D eigenvalue weighted by Gasteiger charge is -2.30. The molecule has 0 aromatic heterocycles. The molecule has 0 amide bonds. The molecule has 6 heteroatoms. The number of alkyl halides is 1. The minimum atomic E-state index is -2.06. The summed E-state index contributed by atoms with van der Waals surface area (Å²) in [7, 11) is 0. The van der Waals surface area contributed by atoms with E-state index in [9.17, 15) is 13.6 Å². The number of ether oxygens (including phenoxy) is 1. The van der Waals surface area contributed by atoms with Gasteiger partial charge in [-0.2, -0.15) is 0 Å². The van der Waals surface area contributed by atoms with Crippen LogP contribution in [0.2, 0.25) is 0 Å². The molecule has 0 radical (unpaired) electrons. The van der Waals surface area contributed by atoms with E-state index < -0.39 is 23.9 Å². The van der Waals surface area contributed by atoms with Gasteiger partial charge in [0.2, 0.25) is 12.0 Å². The summed E-state index contributed by atoms with van der Waals surface area (Å²) in [5.74, 6) is -1.90. The molecule has 0 N–H and O–H groups in total. The van der Waals surface area contributed by atoms with E-state index in [1.807, 2.05) is 19.9 Å². The summed E-state index contributed by atoms with van der Waals surface area (Å²) in [6, 6.07) is 5.41. The van der Waals surface area contributed by atoms with Gasteiger partial charge in [-0.3, -0.25) is 4.79 Å². The lowest BCUT2D eigenvalue weighted by molar-refractivity contribution is -0.123. The van der Waals surface area contributed by atoms with Crippen LogP contribution < -0.4 is 9.64 Å². The Hall–Kier alpha value is -2.24. The Morgan fingerprint density at radius 2 is 2.05 bits per heavy atom. The highest BCUT2D eigenvalue weighted by Gasteiger charge is 2.42. The molecule has 1 heterocycles. The zero-order valence-electron chi connectivity index (χ0n) is 12.3. The van der Waals surface area contributed by atoms with Gasteiger partial charge in [0.15, 0.2) is 11.9 Å². The van der Waals surface area contributed by atoms with Crippen LogP contribution >= 0.6 is 0 Å². The maximum Gasteiger partial charge on any atom is 0.229 e. The second kappa shape index (κ2) is 5.51. The van der Waals surface area contributed by atoms with Gasteiger partial charge in [0.05, 0.1) is 5.71 Å². The molecule has 4 nitrogen and oxygen atoms in total. The van der Waals surface area contributed by atoms with E-state index in [-0.39, 0.29) is 5.71 Å². The van der Waals surface area contributed by atoms with Crippen molar-refractivity contribution in [2.75, 3.05) is 18.0 Å². The highest BCUT2D eigenvalue weighted by Crippen LogP contribution is 2.38. The monoisotopic (exact) mass is 306 g/mol. The number of Topliss-reactive ketones (excluding diaryl/α,β-unsaturated/α-hetero) is 1. The molecule has 0 fully saturated rings. The fraction of sp³-hybridized carbons (Fsp3) is 0.375. The van der Waals surface area contributed by atoms with Crippen molar-refractivity contribution < 1.29 is 18.3 Å². The molecule has 1 aliphatic heterocycles. The van der Waals surface area contributed by atoms with Crippen LogP contribution in [0.3, 0.4) is 0 Å². The Bertz CT molecular complexity index is 681. The highest BCUT2D eigenvalue weighted by atomic mass is 19.1. The molecule has 3 rings (SSSR count). The van der Waals surface area contributed by atoms with E-state index in [4.69, 9.17) is 4.74 Å². The van der Waals surface area contributed by atoms with Crippen molar-refractivity contribution in [1.29, 1.82) is 0 Å². The fourth-order valence-electron chi connectivity index (χ4n) is 2.67. The van der Waals surface area contributed by atoms with Crippen molar-refractivity contribution in [3.05, 3.63) is 30.1 Å². The lowest BCUT2D eigenvalue weighted by Crippen LogP contribution is -2.45. The van der Waals surface area contributed by atoms with Crippen LogP contribution in [0.15, 0.2) is 35.1 Å². The predicted octanol–water partition coefficient (Wildman–Crippen LogP) is 3.14. The average Bonchev–Trinajstić information content (AvgIpc) is 2.53. The zero-order valence-corrected chi connectivity index (χ0v) is 12.3. The number of ketones is 1. The number of nitrogens with zero attached hydrogens (tertiary/aromatic N) is 2. The quantitative estimate of drug-likeness (QED) is 0.861. The first-order chi connectivity index (χ1) is 10.5. The maximum absolute atomic E-state index is 14.0. The fourth-order valence-corrected chi connectivity index (χ4v) is 2.67. The third-order valence-electron chi connectivity index (χ3n) is 3.89. The molecule has 0 bridgehead atoms. The second-order valence-corrected chi connectivity index (χ2v) is 5.16. The topological polar surface area (TPSA) is 41.9 Å². The molecule has 2 unspecified atom stereocenters. The number of hydrogen-bond acceptors (Lipinski definition) is 4. The van der Waals surface area contributed by atoms with Crippen molar-refractivity contribution in [3.63, 3.8) is 0 Å². The number of aliphatic imine (C=N–C) groups is 1. The molecule has 0 spiro atoms. The summed E-state index contributed by atoms with van der Waals surface area (Å²) in [6.45, 7) is 5.72. The molecule has 1 aliphatic carbocycles. The first-order valence-electron chi connectivity index (χ1n) is 7.24. The first kappa shape index (κ1) is 14.7. The second-order valence-electron chi connectivity index (χ2n) is 5.16. The number of benzene rings is 1. The summed E-state index contributed by atoms with van der Waals surface area (Å²) in [4.78, 5) is 17.7. The summed E-state index contributed by atoms with van der Waals surface area (Å²) in [5, 5.41) is 0. The first-order valence-corrected chi connectivity index (χ1v) is 7.24. The summed E-state index contributed by atoms with van der Waals surface area (Å²) >= 11 is 0. The van der Waals surface area contributed by atoms with Crippen LogP contribution in [0.1, 0.15) is 13.8 Å². The van der Waals surface area contributed by atoms with Gasteiger partial charge in [-0.25, -0.2) is 13.8 Å². The van der Waals surface area contributed by atoms with Crippen molar-refractivity contribution in [2.24, 2.45) is 4.99 Å². The van der Waals surface area contributed by atoms with E-state index >= 15 is 0 Å². The van der Waals surface area contributed by atoms with Crippen molar-refractivity contribution in [3.8, 4) is 5.75 Å². The summed E-state index contributed by atoms with van der Waals surface area (Å²) < 4.78 is 32.9. The molecule has 1 aromatic carbocycles. The Kier molecular flexibility index (Phi) is 3.68. The number of rotatable bonds is 3. The molecule has 2 aliphatic rings. The molecule has 2 atom stereocenters. The smallest absolute Gasteiger partial charge is 0.229 e. The maximum atomic E-state index is 14.0. The highest BCUT2D eigenvalue weighted by molar-refractivity contribution is 6.15. The number of carbonyl (C=O) groups is 1. The van der Waals surface area contributed by atoms with Gasteiger partial charge in [0.25, 0.3) is 0 Å². The van der Waals surface area contributed by atoms with Gasteiger partial charge in [-0.1, -0.05) is 0 Å². The Balaban J connectivity index is 2.01. The van der Waals surface area contributed by atoms with E-state index in [0.29, 0.717) is 11.4 Å². The van der Waals surface area contributed by atoms with Gasteiger partial charge >= 0.3 is 0 Å². The predicted molar refractivity (Wildman–Crippen MR) is 80.6 cm³/mol. The molecule has 0 saturated carbocycles. The third kappa shape index (κ3) is 2.28. The van der Waals surface area contributed by atoms with Gasteiger partial charge in [-0.15, -0.1) is 0 Å². The number of halogens is 2. The molecule has 0 saturated heterocycles. The normalized spacial score (nSPS) is 23.0. The van der Waals surface area contributed by atoms with Crippen LogP contribution in [0.25, 0.3) is 0 Å². The molecule has 1 aromatic rings. The van der Waals surface area contributed by atoms with E-state index in [1.165, 1.54) is 0 Å². The molecule has 22 heavy (non-hydrogen) atoms. The van der Waals surface area contributed by atoms with Gasteiger partial charge < -0.3 is 9.64 Å². The number of carbonyl (C=O) groups excluding carboxylic acids is 1. The third-order valence-corrected chi connectivity index (χ3v) is 3.89. The number of allylic oxidation sites excluding steroid dienone is 1. The average molecular weight is 306 g/mol. The van der Waals surface area contributed by atoms with E-state index in [2.05, 4.69) is 9.89 Å². The number of hydrogen-bond donors (Lipinski definition) is 0. The van der Waals surface area contributed by atoms with Crippen molar-refractivity contribution >= 4 is 22.9 Å². The molecule has 116 valence electrons. The van der Waals surface area contributed by atoms with Crippen molar-refractivity contribution in [2.45, 2.75) is 26.1 Å². The van der Waals surface area contributed by atoms with E-state index in [1.54, 1.807) is 12.1 Å². The van der Waals surface area contributed by atoms with Crippen molar-refractivity contribution in [1.82, 2.24) is 0 Å². The van der Waals surface area contributed by atoms with Crippen LogP contribution in [-0.2, 0) is 4.79 Å². The van der Waals surface area contributed by atoms with Crippen LogP contribution in [0.5, 0.6) is 5.75 Å². The molecular formula is C16H16F2N2O2. The van der Waals surface area contributed by atoms with Gasteiger partial charge in [0, 0.05) is 30.9 Å². The Morgan fingerprint density at radius 1 is 1.32 bits per heavy atom. The Labute approximate surface area is 127 Å². The largest absolute Gasteiger partial charge is 0.478 e. The molecular weight excluding hydrogens is 290 g/mol. The van der Waals surface area contributed by atoms with Crippen LogP contribution in [-0.4, -0.2) is 36.9 Å². The Morgan fingerprint density at radius 3 is 2.73 bits per heavy atom. The summed E-state index contributed by atoms with van der Waals surface area (Å²) in [6.07, 6.45) is -2.29. The number of fused-ring (bicyclic) bond motifs is 2. The zero-order chi connectivity index (χ0) is 15.9. The minimum Gasteiger partial charge on any atom is -0.478 e. The van der Waals surface area contributed by atoms with Crippen LogP contribution in [0.4, 0.5) is 20.2 Å². The van der Waals surface area contributed by atoms with E-state index in [0.717, 1.165) is 24.9 Å².